The first-order valence-corrected chi connectivity index (χ1v) is 8.38. The van der Waals surface area contributed by atoms with Crippen LogP contribution in [0.1, 0.15) is 31.1 Å². The van der Waals surface area contributed by atoms with E-state index >= 15 is 0 Å². The largest absolute Gasteiger partial charge is 0.369 e. The van der Waals surface area contributed by atoms with E-state index in [1.807, 2.05) is 56.3 Å². The van der Waals surface area contributed by atoms with E-state index in [-0.39, 0.29) is 17.6 Å². The number of ether oxygens (including phenoxy) is 1. The van der Waals surface area contributed by atoms with Crippen LogP contribution >= 0.6 is 11.6 Å². The fourth-order valence-electron chi connectivity index (χ4n) is 3.05. The molecule has 2 heterocycles. The van der Waals surface area contributed by atoms with E-state index in [1.54, 1.807) is 10.9 Å². The van der Waals surface area contributed by atoms with E-state index in [0.717, 1.165) is 11.1 Å². The monoisotopic (exact) mass is 347 g/mol. The van der Waals surface area contributed by atoms with Crippen LogP contribution in [0.2, 0.25) is 5.02 Å². The van der Waals surface area contributed by atoms with E-state index in [4.69, 9.17) is 16.3 Å². The van der Waals surface area contributed by atoms with Gasteiger partial charge in [0.05, 0.1) is 31.3 Å². The lowest BCUT2D eigenvalue weighted by molar-refractivity contribution is -0.154. The van der Waals surface area contributed by atoms with Crippen molar-refractivity contribution < 1.29 is 9.53 Å². The predicted molar refractivity (Wildman–Crippen MR) is 92.8 cm³/mol. The van der Waals surface area contributed by atoms with Crippen LogP contribution in [0.25, 0.3) is 0 Å². The lowest BCUT2D eigenvalue weighted by Gasteiger charge is -2.45. The number of aromatic nitrogens is 2. The van der Waals surface area contributed by atoms with Gasteiger partial charge in [0.25, 0.3) is 0 Å². The summed E-state index contributed by atoms with van der Waals surface area (Å²) in [6.07, 6.45) is 3.74. The van der Waals surface area contributed by atoms with Crippen molar-refractivity contribution in [2.75, 3.05) is 13.2 Å². The minimum atomic E-state index is -0.350. The Hall–Kier alpha value is -1.85. The first-order chi connectivity index (χ1) is 11.4. The second-order valence-corrected chi connectivity index (χ2v) is 7.24. The number of carbonyl (C=O) groups is 1. The maximum atomic E-state index is 12.9. The Morgan fingerprint density at radius 3 is 2.83 bits per heavy atom. The van der Waals surface area contributed by atoms with Crippen LogP contribution in [0.5, 0.6) is 0 Å². The van der Waals surface area contributed by atoms with E-state index in [2.05, 4.69) is 5.10 Å². The van der Waals surface area contributed by atoms with Gasteiger partial charge in [0.2, 0.25) is 5.91 Å². The van der Waals surface area contributed by atoms with Crippen molar-refractivity contribution in [3.63, 3.8) is 0 Å². The highest BCUT2D eigenvalue weighted by atomic mass is 35.5. The average Bonchev–Trinajstić information content (AvgIpc) is 2.93. The first-order valence-electron chi connectivity index (χ1n) is 8.01. The van der Waals surface area contributed by atoms with Crippen LogP contribution in [0.15, 0.2) is 36.7 Å². The topological polar surface area (TPSA) is 47.4 Å². The van der Waals surface area contributed by atoms with E-state index in [0.29, 0.717) is 24.6 Å². The summed E-state index contributed by atoms with van der Waals surface area (Å²) in [5.41, 5.74) is 1.49. The molecule has 5 nitrogen and oxygen atoms in total. The molecule has 1 saturated heterocycles. The Labute approximate surface area is 147 Å². The van der Waals surface area contributed by atoms with Crippen LogP contribution in [0, 0.1) is 0 Å². The van der Waals surface area contributed by atoms with Gasteiger partial charge in [-0.05, 0) is 25.5 Å². The third-order valence-electron chi connectivity index (χ3n) is 4.38. The fraction of sp³-hybridized carbons (Fsp3) is 0.444. The van der Waals surface area contributed by atoms with Crippen LogP contribution in [-0.2, 0) is 23.0 Å². The Kier molecular flexibility index (Phi) is 4.65. The van der Waals surface area contributed by atoms with Gasteiger partial charge in [-0.15, -0.1) is 0 Å². The molecule has 0 unspecified atom stereocenters. The number of nitrogens with zero attached hydrogens (tertiary/aromatic N) is 3. The lowest BCUT2D eigenvalue weighted by Crippen LogP contribution is -2.56. The maximum Gasteiger partial charge on any atom is 0.227 e. The Balaban J connectivity index is 1.79. The molecule has 0 spiro atoms. The molecule has 0 saturated carbocycles. The molecular formula is C18H22ClN3O2. The molecule has 3 rings (SSSR count). The van der Waals surface area contributed by atoms with Crippen molar-refractivity contribution in [2.24, 2.45) is 7.05 Å². The van der Waals surface area contributed by atoms with Crippen molar-refractivity contribution in [2.45, 2.75) is 31.9 Å². The molecule has 1 aromatic carbocycles. The second-order valence-electron chi connectivity index (χ2n) is 6.84. The van der Waals surface area contributed by atoms with E-state index < -0.39 is 0 Å². The normalized spacial score (nSPS) is 20.2. The summed E-state index contributed by atoms with van der Waals surface area (Å²) in [6.45, 7) is 5.02. The summed E-state index contributed by atoms with van der Waals surface area (Å²) in [7, 11) is 1.85. The van der Waals surface area contributed by atoms with Crippen LogP contribution < -0.4 is 0 Å². The van der Waals surface area contributed by atoms with Gasteiger partial charge < -0.3 is 9.64 Å². The molecule has 0 bridgehead atoms. The number of carbonyl (C=O) groups excluding carboxylic acids is 1. The second kappa shape index (κ2) is 6.57. The molecule has 1 fully saturated rings. The molecule has 0 aliphatic carbocycles. The van der Waals surface area contributed by atoms with Gasteiger partial charge in [0, 0.05) is 23.8 Å². The predicted octanol–water partition coefficient (Wildman–Crippen LogP) is 2.99. The average molecular weight is 348 g/mol. The summed E-state index contributed by atoms with van der Waals surface area (Å²) in [4.78, 5) is 14.8. The number of hydrogen-bond donors (Lipinski definition) is 0. The zero-order valence-electron chi connectivity index (χ0n) is 14.2. The van der Waals surface area contributed by atoms with Gasteiger partial charge in [0.1, 0.15) is 6.10 Å². The van der Waals surface area contributed by atoms with Crippen LogP contribution in [-0.4, -0.2) is 39.3 Å². The summed E-state index contributed by atoms with van der Waals surface area (Å²) in [5.74, 6) is 0.0772. The summed E-state index contributed by atoms with van der Waals surface area (Å²) in [5, 5.41) is 4.80. The van der Waals surface area contributed by atoms with E-state index in [9.17, 15) is 4.79 Å². The molecule has 1 aliphatic heterocycles. The minimum Gasteiger partial charge on any atom is -0.369 e. The first kappa shape index (κ1) is 17.0. The molecule has 0 N–H and O–H groups in total. The van der Waals surface area contributed by atoms with Gasteiger partial charge in [-0.1, -0.05) is 29.8 Å². The molecule has 6 heteroatoms. The fourth-order valence-corrected chi connectivity index (χ4v) is 3.30. The number of morpholine rings is 1. The number of halogens is 1. The van der Waals surface area contributed by atoms with E-state index in [1.165, 1.54) is 0 Å². The van der Waals surface area contributed by atoms with Crippen molar-refractivity contribution in [3.8, 4) is 0 Å². The Bertz CT molecular complexity index is 741. The molecule has 1 aliphatic rings. The van der Waals surface area contributed by atoms with Gasteiger partial charge in [-0.2, -0.15) is 5.10 Å². The SMILES string of the molecule is Cn1cc(CC(=O)N2C[C@H](c3ccccc3Cl)OCC2(C)C)cn1. The van der Waals surface area contributed by atoms with Crippen molar-refractivity contribution in [1.29, 1.82) is 0 Å². The molecule has 24 heavy (non-hydrogen) atoms. The summed E-state index contributed by atoms with van der Waals surface area (Å²) < 4.78 is 7.71. The number of amides is 1. The van der Waals surface area contributed by atoms with Crippen LogP contribution in [0.3, 0.4) is 0 Å². The molecule has 0 radical (unpaired) electrons. The van der Waals surface area contributed by atoms with Gasteiger partial charge in [-0.25, -0.2) is 0 Å². The Morgan fingerprint density at radius 2 is 2.17 bits per heavy atom. The third-order valence-corrected chi connectivity index (χ3v) is 4.73. The number of benzene rings is 1. The van der Waals surface area contributed by atoms with Crippen LogP contribution in [0.4, 0.5) is 0 Å². The minimum absolute atomic E-state index is 0.0772. The van der Waals surface area contributed by atoms with Crippen molar-refractivity contribution >= 4 is 17.5 Å². The molecular weight excluding hydrogens is 326 g/mol. The molecule has 1 amide bonds. The third kappa shape index (κ3) is 3.47. The summed E-state index contributed by atoms with van der Waals surface area (Å²) >= 11 is 6.29. The number of hydrogen-bond acceptors (Lipinski definition) is 3. The smallest absolute Gasteiger partial charge is 0.227 e. The zero-order chi connectivity index (χ0) is 17.3. The molecule has 128 valence electrons. The highest BCUT2D eigenvalue weighted by Crippen LogP contribution is 2.33. The number of aryl methyl sites for hydroxylation is 1. The van der Waals surface area contributed by atoms with Gasteiger partial charge >= 0.3 is 0 Å². The standard InChI is InChI=1S/C18H22ClN3O2/c1-18(2)12-24-16(14-6-4-5-7-15(14)19)11-22(18)17(23)8-13-9-20-21(3)10-13/h4-7,9-10,16H,8,11-12H2,1-3H3/t16-/m1/s1. The molecule has 1 aromatic heterocycles. The molecule has 2 aromatic rings. The Morgan fingerprint density at radius 1 is 1.42 bits per heavy atom. The highest BCUT2D eigenvalue weighted by molar-refractivity contribution is 6.31. The quantitative estimate of drug-likeness (QED) is 0.857. The lowest BCUT2D eigenvalue weighted by atomic mass is 9.97. The molecule has 1 atom stereocenters. The highest BCUT2D eigenvalue weighted by Gasteiger charge is 2.38. The van der Waals surface area contributed by atoms with Gasteiger partial charge in [-0.3, -0.25) is 9.48 Å². The summed E-state index contributed by atoms with van der Waals surface area (Å²) in [6, 6.07) is 7.63. The maximum absolute atomic E-state index is 12.9. The number of rotatable bonds is 3. The zero-order valence-corrected chi connectivity index (χ0v) is 15.0. The van der Waals surface area contributed by atoms with Crippen molar-refractivity contribution in [3.05, 3.63) is 52.8 Å². The van der Waals surface area contributed by atoms with Gasteiger partial charge in [0.15, 0.2) is 0 Å². The van der Waals surface area contributed by atoms with Crippen molar-refractivity contribution in [1.82, 2.24) is 14.7 Å².